The summed E-state index contributed by atoms with van der Waals surface area (Å²) in [6.07, 6.45) is 5.07. The van der Waals surface area contributed by atoms with Gasteiger partial charge in [0.1, 0.15) is 5.75 Å². The number of hydrogen-bond donors (Lipinski definition) is 1. The summed E-state index contributed by atoms with van der Waals surface area (Å²) < 4.78 is 5.73. The molecule has 1 amide bonds. The zero-order valence-corrected chi connectivity index (χ0v) is 15.2. The number of hydrogen-bond acceptors (Lipinski definition) is 4. The fourth-order valence-corrected chi connectivity index (χ4v) is 2.41. The summed E-state index contributed by atoms with van der Waals surface area (Å²) >= 11 is 0. The first-order valence-corrected chi connectivity index (χ1v) is 8.67. The molecule has 0 radical (unpaired) electrons. The third kappa shape index (κ3) is 6.93. The van der Waals surface area contributed by atoms with Crippen molar-refractivity contribution in [2.75, 3.05) is 25.5 Å². The molecule has 0 atom stereocenters. The van der Waals surface area contributed by atoms with Crippen molar-refractivity contribution in [1.29, 1.82) is 0 Å². The first-order chi connectivity index (χ1) is 12.0. The molecule has 0 aliphatic heterocycles. The highest BCUT2D eigenvalue weighted by Gasteiger charge is 2.10. The first kappa shape index (κ1) is 18.9. The van der Waals surface area contributed by atoms with Crippen LogP contribution in [0.15, 0.2) is 48.8 Å². The Hall–Kier alpha value is -2.40. The molecule has 0 aliphatic carbocycles. The fraction of sp³-hybridized carbons (Fsp3) is 0.400. The van der Waals surface area contributed by atoms with Crippen LogP contribution in [0.2, 0.25) is 0 Å². The largest absolute Gasteiger partial charge is 0.489 e. The molecule has 2 rings (SSSR count). The van der Waals surface area contributed by atoms with Crippen LogP contribution < -0.4 is 10.1 Å². The number of nitrogens with one attached hydrogen (secondary N) is 1. The van der Waals surface area contributed by atoms with Gasteiger partial charge in [-0.25, -0.2) is 0 Å². The minimum absolute atomic E-state index is 0.00410. The number of pyridine rings is 1. The van der Waals surface area contributed by atoms with E-state index in [2.05, 4.69) is 15.2 Å². The Kier molecular flexibility index (Phi) is 7.41. The van der Waals surface area contributed by atoms with Gasteiger partial charge in [-0.3, -0.25) is 9.78 Å². The second-order valence-corrected chi connectivity index (χ2v) is 6.37. The molecule has 0 bridgehead atoms. The van der Waals surface area contributed by atoms with Crippen molar-refractivity contribution in [3.63, 3.8) is 0 Å². The zero-order valence-electron chi connectivity index (χ0n) is 15.2. The predicted molar refractivity (Wildman–Crippen MR) is 101 cm³/mol. The molecular formula is C20H27N3O2. The van der Waals surface area contributed by atoms with Gasteiger partial charge in [-0.1, -0.05) is 12.1 Å². The van der Waals surface area contributed by atoms with Crippen LogP contribution >= 0.6 is 0 Å². The Bertz CT molecular complexity index is 659. The van der Waals surface area contributed by atoms with Crippen molar-refractivity contribution in [2.45, 2.75) is 32.8 Å². The summed E-state index contributed by atoms with van der Waals surface area (Å²) in [6.45, 7) is 5.56. The molecule has 25 heavy (non-hydrogen) atoms. The highest BCUT2D eigenvalue weighted by atomic mass is 16.5. The van der Waals surface area contributed by atoms with Gasteiger partial charge in [0.15, 0.2) is 0 Å². The van der Waals surface area contributed by atoms with Gasteiger partial charge in [0.2, 0.25) is 5.91 Å². The van der Waals surface area contributed by atoms with Crippen LogP contribution in [-0.4, -0.2) is 42.0 Å². The Balaban J connectivity index is 1.77. The van der Waals surface area contributed by atoms with Gasteiger partial charge in [-0.15, -0.1) is 0 Å². The lowest BCUT2D eigenvalue weighted by Crippen LogP contribution is -2.26. The smallest absolute Gasteiger partial charge is 0.225 e. The highest BCUT2D eigenvalue weighted by Crippen LogP contribution is 2.24. The normalized spacial score (nSPS) is 10.9. The molecule has 1 N–H and O–H groups in total. The maximum absolute atomic E-state index is 12.2. The zero-order chi connectivity index (χ0) is 18.1. The SMILES string of the molecule is CC(C)Oc1ccccc1NC(=O)CCN(C)CCc1ccncc1. The first-order valence-electron chi connectivity index (χ1n) is 8.67. The number of benzene rings is 1. The molecule has 0 aliphatic rings. The van der Waals surface area contributed by atoms with Crippen molar-refractivity contribution in [2.24, 2.45) is 0 Å². The van der Waals surface area contributed by atoms with Gasteiger partial charge in [-0.2, -0.15) is 0 Å². The number of rotatable bonds is 9. The molecule has 2 aromatic rings. The molecule has 134 valence electrons. The lowest BCUT2D eigenvalue weighted by atomic mass is 10.2. The topological polar surface area (TPSA) is 54.5 Å². The Morgan fingerprint density at radius 3 is 2.60 bits per heavy atom. The van der Waals surface area contributed by atoms with E-state index in [-0.39, 0.29) is 12.0 Å². The van der Waals surface area contributed by atoms with Gasteiger partial charge in [-0.05, 0) is 57.1 Å². The summed E-state index contributed by atoms with van der Waals surface area (Å²) in [6, 6.07) is 11.6. The molecule has 0 saturated carbocycles. The second-order valence-electron chi connectivity index (χ2n) is 6.37. The van der Waals surface area contributed by atoms with Gasteiger partial charge in [0, 0.05) is 31.9 Å². The summed E-state index contributed by atoms with van der Waals surface area (Å²) in [5.74, 6) is 0.701. The van der Waals surface area contributed by atoms with Crippen LogP contribution in [0.1, 0.15) is 25.8 Å². The predicted octanol–water partition coefficient (Wildman–Crippen LogP) is 3.37. The van der Waals surface area contributed by atoms with E-state index in [1.807, 2.05) is 57.3 Å². The van der Waals surface area contributed by atoms with Crippen LogP contribution in [0, 0.1) is 0 Å². The second kappa shape index (κ2) is 9.79. The van der Waals surface area contributed by atoms with Crippen molar-refractivity contribution in [1.82, 2.24) is 9.88 Å². The Morgan fingerprint density at radius 2 is 1.88 bits per heavy atom. The summed E-state index contributed by atoms with van der Waals surface area (Å²) in [7, 11) is 2.03. The number of amides is 1. The molecule has 1 aromatic carbocycles. The van der Waals surface area contributed by atoms with E-state index in [0.717, 1.165) is 18.7 Å². The quantitative estimate of drug-likeness (QED) is 0.760. The van der Waals surface area contributed by atoms with Crippen LogP contribution in [-0.2, 0) is 11.2 Å². The molecular weight excluding hydrogens is 314 g/mol. The van der Waals surface area contributed by atoms with Gasteiger partial charge in [0.05, 0.1) is 11.8 Å². The van der Waals surface area contributed by atoms with E-state index in [0.29, 0.717) is 18.7 Å². The standard InChI is InChI=1S/C20H27N3O2/c1-16(2)25-19-7-5-4-6-18(19)22-20(24)11-15-23(3)14-10-17-8-12-21-13-9-17/h4-9,12-13,16H,10-11,14-15H2,1-3H3,(H,22,24). The minimum atomic E-state index is -0.00410. The molecule has 0 spiro atoms. The molecule has 1 aromatic heterocycles. The van der Waals surface area contributed by atoms with Crippen LogP contribution in [0.3, 0.4) is 0 Å². The van der Waals surface area contributed by atoms with E-state index in [1.54, 1.807) is 12.4 Å². The number of anilines is 1. The Morgan fingerprint density at radius 1 is 1.16 bits per heavy atom. The molecule has 0 fully saturated rings. The summed E-state index contributed by atoms with van der Waals surface area (Å²) in [5.41, 5.74) is 1.98. The van der Waals surface area contributed by atoms with Gasteiger partial charge < -0.3 is 15.0 Å². The van der Waals surface area contributed by atoms with Crippen LogP contribution in [0.25, 0.3) is 0 Å². The van der Waals surface area contributed by atoms with E-state index in [4.69, 9.17) is 4.74 Å². The number of ether oxygens (including phenoxy) is 1. The molecule has 0 saturated heterocycles. The summed E-state index contributed by atoms with van der Waals surface area (Å²) in [4.78, 5) is 18.4. The maximum atomic E-state index is 12.2. The van der Waals surface area contributed by atoms with Crippen molar-refractivity contribution >= 4 is 11.6 Å². The number of carbonyl (C=O) groups is 1. The lowest BCUT2D eigenvalue weighted by Gasteiger charge is -2.17. The molecule has 5 heteroatoms. The van der Waals surface area contributed by atoms with Crippen molar-refractivity contribution < 1.29 is 9.53 Å². The lowest BCUT2D eigenvalue weighted by molar-refractivity contribution is -0.116. The van der Waals surface area contributed by atoms with Crippen LogP contribution in [0.5, 0.6) is 5.75 Å². The maximum Gasteiger partial charge on any atom is 0.225 e. The van der Waals surface area contributed by atoms with Crippen LogP contribution in [0.4, 0.5) is 5.69 Å². The third-order valence-corrected chi connectivity index (χ3v) is 3.78. The number of para-hydroxylation sites is 2. The van der Waals surface area contributed by atoms with Crippen molar-refractivity contribution in [3.05, 3.63) is 54.4 Å². The average molecular weight is 341 g/mol. The van der Waals surface area contributed by atoms with E-state index in [1.165, 1.54) is 5.56 Å². The number of aromatic nitrogens is 1. The number of carbonyl (C=O) groups excluding carboxylic acids is 1. The number of nitrogens with zero attached hydrogens (tertiary/aromatic N) is 2. The monoisotopic (exact) mass is 341 g/mol. The van der Waals surface area contributed by atoms with Gasteiger partial charge in [0.25, 0.3) is 0 Å². The van der Waals surface area contributed by atoms with E-state index >= 15 is 0 Å². The minimum Gasteiger partial charge on any atom is -0.489 e. The average Bonchev–Trinajstić information content (AvgIpc) is 2.60. The van der Waals surface area contributed by atoms with Crippen molar-refractivity contribution in [3.8, 4) is 5.75 Å². The molecule has 5 nitrogen and oxygen atoms in total. The molecule has 1 heterocycles. The van der Waals surface area contributed by atoms with Gasteiger partial charge >= 0.3 is 0 Å². The third-order valence-electron chi connectivity index (χ3n) is 3.78. The highest BCUT2D eigenvalue weighted by molar-refractivity contribution is 5.92. The summed E-state index contributed by atoms with van der Waals surface area (Å²) in [5, 5.41) is 2.95. The fourth-order valence-electron chi connectivity index (χ4n) is 2.41. The number of likely N-dealkylation sites (N-methyl/N-ethyl adjacent to an activating group) is 1. The Labute approximate surface area is 150 Å². The van der Waals surface area contributed by atoms with E-state index in [9.17, 15) is 4.79 Å². The van der Waals surface area contributed by atoms with E-state index < -0.39 is 0 Å². The molecule has 0 unspecified atom stereocenters.